The molecule has 0 saturated heterocycles. The third-order valence-corrected chi connectivity index (χ3v) is 3.03. The molecule has 0 saturated carbocycles. The van der Waals surface area contributed by atoms with Crippen molar-refractivity contribution in [2.45, 2.75) is 20.0 Å². The molecule has 0 amide bonds. The smallest absolute Gasteiger partial charge is 0.142 e. The zero-order chi connectivity index (χ0) is 13.5. The summed E-state index contributed by atoms with van der Waals surface area (Å²) in [4.78, 5) is 5.26. The zero-order valence-corrected chi connectivity index (χ0v) is 11.6. The van der Waals surface area contributed by atoms with Crippen molar-refractivity contribution >= 4 is 17.8 Å². The van der Waals surface area contributed by atoms with Crippen molar-refractivity contribution in [2.24, 2.45) is 5.16 Å². The first-order valence-corrected chi connectivity index (χ1v) is 6.64. The van der Waals surface area contributed by atoms with Crippen LogP contribution in [-0.2, 0) is 17.9 Å². The quantitative estimate of drug-likeness (QED) is 0.582. The highest BCUT2D eigenvalue weighted by atomic mass is 35.5. The highest BCUT2D eigenvalue weighted by molar-refractivity contribution is 6.30. The lowest BCUT2D eigenvalue weighted by atomic mass is 10.1. The van der Waals surface area contributed by atoms with Gasteiger partial charge in [0.1, 0.15) is 6.61 Å². The molecule has 2 nitrogen and oxygen atoms in total. The molecule has 0 aliphatic rings. The van der Waals surface area contributed by atoms with Gasteiger partial charge in [-0.25, -0.2) is 0 Å². The molecule has 0 fully saturated rings. The third kappa shape index (κ3) is 4.42. The van der Waals surface area contributed by atoms with Gasteiger partial charge in [-0.2, -0.15) is 0 Å². The summed E-state index contributed by atoms with van der Waals surface area (Å²) in [6.07, 6.45) is 2.75. The number of rotatable bonds is 5. The van der Waals surface area contributed by atoms with Gasteiger partial charge in [0.25, 0.3) is 0 Å². The molecule has 0 spiro atoms. The average Bonchev–Trinajstić information content (AvgIpc) is 2.46. The minimum absolute atomic E-state index is 0.446. The average molecular weight is 274 g/mol. The molecule has 0 unspecified atom stereocenters. The van der Waals surface area contributed by atoms with Gasteiger partial charge in [-0.1, -0.05) is 60.1 Å². The van der Waals surface area contributed by atoms with Crippen molar-refractivity contribution < 1.29 is 4.84 Å². The van der Waals surface area contributed by atoms with Gasteiger partial charge in [-0.15, -0.1) is 0 Å². The summed E-state index contributed by atoms with van der Waals surface area (Å²) in [5, 5.41) is 4.70. The van der Waals surface area contributed by atoms with E-state index in [1.807, 2.05) is 36.4 Å². The van der Waals surface area contributed by atoms with Crippen LogP contribution in [0, 0.1) is 0 Å². The fourth-order valence-electron chi connectivity index (χ4n) is 1.68. The lowest BCUT2D eigenvalue weighted by Gasteiger charge is -2.00. The number of halogens is 1. The van der Waals surface area contributed by atoms with Gasteiger partial charge in [0, 0.05) is 5.02 Å². The van der Waals surface area contributed by atoms with Crippen LogP contribution < -0.4 is 0 Å². The van der Waals surface area contributed by atoms with Gasteiger partial charge in [0.05, 0.1) is 6.21 Å². The predicted molar refractivity (Wildman–Crippen MR) is 79.7 cm³/mol. The summed E-state index contributed by atoms with van der Waals surface area (Å²) < 4.78 is 0. The first kappa shape index (κ1) is 13.6. The molecule has 0 radical (unpaired) electrons. The van der Waals surface area contributed by atoms with Gasteiger partial charge in [0.2, 0.25) is 0 Å². The highest BCUT2D eigenvalue weighted by Gasteiger charge is 1.93. The minimum Gasteiger partial charge on any atom is -0.391 e. The minimum atomic E-state index is 0.446. The molecular weight excluding hydrogens is 258 g/mol. The molecule has 98 valence electrons. The van der Waals surface area contributed by atoms with Crippen LogP contribution in [0.1, 0.15) is 23.6 Å². The lowest BCUT2D eigenvalue weighted by Crippen LogP contribution is -1.89. The third-order valence-electron chi connectivity index (χ3n) is 2.78. The summed E-state index contributed by atoms with van der Waals surface area (Å²) in [6, 6.07) is 15.8. The summed E-state index contributed by atoms with van der Waals surface area (Å²) in [5.74, 6) is 0. The van der Waals surface area contributed by atoms with E-state index in [0.29, 0.717) is 6.61 Å². The van der Waals surface area contributed by atoms with Gasteiger partial charge in [-0.05, 0) is 35.2 Å². The van der Waals surface area contributed by atoms with Crippen LogP contribution in [0.3, 0.4) is 0 Å². The lowest BCUT2D eigenvalue weighted by molar-refractivity contribution is 0.132. The molecule has 19 heavy (non-hydrogen) atoms. The predicted octanol–water partition coefficient (Wildman–Crippen LogP) is 4.45. The first-order chi connectivity index (χ1) is 9.28. The van der Waals surface area contributed by atoms with Crippen molar-refractivity contribution in [1.29, 1.82) is 0 Å². The van der Waals surface area contributed by atoms with Crippen molar-refractivity contribution in [2.75, 3.05) is 0 Å². The molecule has 0 aliphatic heterocycles. The summed E-state index contributed by atoms with van der Waals surface area (Å²) in [5.41, 5.74) is 3.39. The number of oxime groups is 1. The number of benzene rings is 2. The topological polar surface area (TPSA) is 21.6 Å². The fraction of sp³-hybridized carbons (Fsp3) is 0.188. The first-order valence-electron chi connectivity index (χ1n) is 6.26. The Morgan fingerprint density at radius 3 is 2.63 bits per heavy atom. The van der Waals surface area contributed by atoms with Crippen molar-refractivity contribution in [3.63, 3.8) is 0 Å². The van der Waals surface area contributed by atoms with Gasteiger partial charge < -0.3 is 4.84 Å². The van der Waals surface area contributed by atoms with E-state index in [-0.39, 0.29) is 0 Å². The molecule has 0 aromatic heterocycles. The molecule has 2 aromatic rings. The maximum Gasteiger partial charge on any atom is 0.142 e. The van der Waals surface area contributed by atoms with Gasteiger partial charge in [-0.3, -0.25) is 0 Å². The summed E-state index contributed by atoms with van der Waals surface area (Å²) in [7, 11) is 0. The number of nitrogens with zero attached hydrogens (tertiary/aromatic N) is 1. The van der Waals surface area contributed by atoms with Crippen LogP contribution in [0.15, 0.2) is 53.7 Å². The van der Waals surface area contributed by atoms with E-state index >= 15 is 0 Å². The molecular formula is C16H16ClNO. The number of hydrogen-bond donors (Lipinski definition) is 0. The Bertz CT molecular complexity index is 549. The molecule has 0 N–H and O–H groups in total. The van der Waals surface area contributed by atoms with E-state index in [2.05, 4.69) is 24.2 Å². The Morgan fingerprint density at radius 1 is 1.11 bits per heavy atom. The van der Waals surface area contributed by atoms with Crippen LogP contribution in [0.5, 0.6) is 0 Å². The highest BCUT2D eigenvalue weighted by Crippen LogP contribution is 2.10. The molecule has 0 atom stereocenters. The SMILES string of the molecule is CCc1cccc(C=NOCc2ccc(Cl)cc2)c1. The fourth-order valence-corrected chi connectivity index (χ4v) is 1.81. The Morgan fingerprint density at radius 2 is 1.89 bits per heavy atom. The van der Waals surface area contributed by atoms with E-state index in [1.165, 1.54) is 5.56 Å². The second-order valence-corrected chi connectivity index (χ2v) is 4.67. The van der Waals surface area contributed by atoms with Crippen LogP contribution >= 0.6 is 11.6 Å². The van der Waals surface area contributed by atoms with Gasteiger partial charge in [0.15, 0.2) is 0 Å². The van der Waals surface area contributed by atoms with Crippen LogP contribution in [0.2, 0.25) is 5.02 Å². The maximum atomic E-state index is 5.81. The van der Waals surface area contributed by atoms with Crippen LogP contribution in [-0.4, -0.2) is 6.21 Å². The Hall–Kier alpha value is -1.80. The molecule has 0 heterocycles. The van der Waals surface area contributed by atoms with Crippen molar-refractivity contribution in [3.05, 3.63) is 70.2 Å². The van der Waals surface area contributed by atoms with E-state index in [4.69, 9.17) is 16.4 Å². The summed E-state index contributed by atoms with van der Waals surface area (Å²) >= 11 is 5.81. The Labute approximate surface area is 118 Å². The summed E-state index contributed by atoms with van der Waals surface area (Å²) in [6.45, 7) is 2.58. The zero-order valence-electron chi connectivity index (χ0n) is 10.8. The number of aryl methyl sites for hydroxylation is 1. The van der Waals surface area contributed by atoms with Crippen LogP contribution in [0.25, 0.3) is 0 Å². The van der Waals surface area contributed by atoms with Crippen LogP contribution in [0.4, 0.5) is 0 Å². The second-order valence-electron chi connectivity index (χ2n) is 4.23. The molecule has 2 rings (SSSR count). The largest absolute Gasteiger partial charge is 0.391 e. The Kier molecular flexibility index (Phi) is 4.99. The standard InChI is InChI=1S/C16H16ClNO/c1-2-13-4-3-5-15(10-13)11-18-19-12-14-6-8-16(17)9-7-14/h3-11H,2,12H2,1H3. The van der Waals surface area contributed by atoms with E-state index in [9.17, 15) is 0 Å². The molecule has 0 aliphatic carbocycles. The molecule has 2 aromatic carbocycles. The van der Waals surface area contributed by atoms with Gasteiger partial charge >= 0.3 is 0 Å². The van der Waals surface area contributed by atoms with Crippen molar-refractivity contribution in [3.8, 4) is 0 Å². The van der Waals surface area contributed by atoms with E-state index < -0.39 is 0 Å². The molecule has 3 heteroatoms. The normalized spacial score (nSPS) is 10.8. The maximum absolute atomic E-state index is 5.81. The monoisotopic (exact) mass is 273 g/mol. The van der Waals surface area contributed by atoms with E-state index in [0.717, 1.165) is 22.6 Å². The number of hydrogen-bond acceptors (Lipinski definition) is 2. The Balaban J connectivity index is 1.87. The second kappa shape index (κ2) is 6.95. The molecule has 0 bridgehead atoms. The van der Waals surface area contributed by atoms with E-state index in [1.54, 1.807) is 6.21 Å². The van der Waals surface area contributed by atoms with Crippen molar-refractivity contribution in [1.82, 2.24) is 0 Å².